The fraction of sp³-hybridized carbons (Fsp3) is 0.706. The van der Waals surface area contributed by atoms with Gasteiger partial charge in [0.2, 0.25) is 0 Å². The van der Waals surface area contributed by atoms with E-state index in [0.717, 1.165) is 13.0 Å². The van der Waals surface area contributed by atoms with E-state index in [1.54, 1.807) is 0 Å². The fourth-order valence-corrected chi connectivity index (χ4v) is 3.15. The van der Waals surface area contributed by atoms with Gasteiger partial charge in [0.05, 0.1) is 17.6 Å². The Morgan fingerprint density at radius 3 is 2.80 bits per heavy atom. The maximum atomic E-state index is 4.71. The van der Waals surface area contributed by atoms with E-state index in [4.69, 9.17) is 4.98 Å². The van der Waals surface area contributed by atoms with Crippen molar-refractivity contribution in [1.82, 2.24) is 10.3 Å². The zero-order chi connectivity index (χ0) is 14.4. The summed E-state index contributed by atoms with van der Waals surface area (Å²) in [6.07, 6.45) is 8.20. The van der Waals surface area contributed by atoms with E-state index in [1.807, 2.05) is 0 Å². The van der Waals surface area contributed by atoms with Crippen molar-refractivity contribution in [3.05, 3.63) is 24.0 Å². The van der Waals surface area contributed by atoms with Gasteiger partial charge in [-0.25, -0.2) is 0 Å². The Labute approximate surface area is 123 Å². The molecule has 2 heterocycles. The molecule has 1 aromatic heterocycles. The quantitative estimate of drug-likeness (QED) is 0.817. The maximum absolute atomic E-state index is 4.71. The van der Waals surface area contributed by atoms with Crippen molar-refractivity contribution in [1.29, 1.82) is 0 Å². The van der Waals surface area contributed by atoms with Gasteiger partial charge in [0.1, 0.15) is 0 Å². The number of nitrogens with zero attached hydrogens (tertiary/aromatic N) is 2. The lowest BCUT2D eigenvalue weighted by Gasteiger charge is -2.26. The number of aromatic nitrogens is 1. The first-order valence-corrected chi connectivity index (χ1v) is 8.26. The second-order valence-electron chi connectivity index (χ2n) is 5.75. The van der Waals surface area contributed by atoms with Crippen LogP contribution in [-0.2, 0) is 0 Å². The van der Waals surface area contributed by atoms with Gasteiger partial charge in [0.15, 0.2) is 0 Å². The van der Waals surface area contributed by atoms with Crippen LogP contribution in [0, 0.1) is 0 Å². The van der Waals surface area contributed by atoms with Crippen LogP contribution in [0.5, 0.6) is 0 Å². The van der Waals surface area contributed by atoms with Crippen molar-refractivity contribution in [3.63, 3.8) is 0 Å². The highest BCUT2D eigenvalue weighted by Gasteiger charge is 2.23. The molecule has 0 saturated carbocycles. The van der Waals surface area contributed by atoms with Gasteiger partial charge in [0, 0.05) is 18.6 Å². The number of hydrogen-bond acceptors (Lipinski definition) is 3. The van der Waals surface area contributed by atoms with E-state index >= 15 is 0 Å². The van der Waals surface area contributed by atoms with Gasteiger partial charge in [0.25, 0.3) is 0 Å². The topological polar surface area (TPSA) is 28.2 Å². The largest absolute Gasteiger partial charge is 0.367 e. The molecule has 1 saturated heterocycles. The summed E-state index contributed by atoms with van der Waals surface area (Å²) < 4.78 is 0. The minimum atomic E-state index is 0.393. The predicted octanol–water partition coefficient (Wildman–Crippen LogP) is 3.91. The molecule has 2 atom stereocenters. The summed E-state index contributed by atoms with van der Waals surface area (Å²) in [4.78, 5) is 7.24. The zero-order valence-corrected chi connectivity index (χ0v) is 13.2. The summed E-state index contributed by atoms with van der Waals surface area (Å²) in [5.41, 5.74) is 2.47. The third-order valence-corrected chi connectivity index (χ3v) is 4.36. The molecule has 0 aromatic carbocycles. The van der Waals surface area contributed by atoms with Crippen LogP contribution in [0.15, 0.2) is 18.3 Å². The number of pyridine rings is 1. The van der Waals surface area contributed by atoms with E-state index in [9.17, 15) is 0 Å². The highest BCUT2D eigenvalue weighted by atomic mass is 15.2. The van der Waals surface area contributed by atoms with E-state index in [1.165, 1.54) is 43.6 Å². The Morgan fingerprint density at radius 2 is 2.20 bits per heavy atom. The molecule has 0 radical (unpaired) electrons. The zero-order valence-electron chi connectivity index (χ0n) is 13.2. The molecule has 0 aliphatic carbocycles. The van der Waals surface area contributed by atoms with Crippen LogP contribution < -0.4 is 10.2 Å². The van der Waals surface area contributed by atoms with Crippen LogP contribution in [0.25, 0.3) is 0 Å². The number of nitrogens with one attached hydrogen (secondary N) is 1. The molecule has 1 N–H and O–H groups in total. The molecular weight excluding hydrogens is 246 g/mol. The summed E-state index contributed by atoms with van der Waals surface area (Å²) in [6, 6.07) is 5.57. The number of hydrogen-bond donors (Lipinski definition) is 1. The average Bonchev–Trinajstić information content (AvgIpc) is 2.97. The van der Waals surface area contributed by atoms with Crippen LogP contribution in [0.1, 0.15) is 64.6 Å². The molecule has 1 aliphatic heterocycles. The van der Waals surface area contributed by atoms with E-state index in [-0.39, 0.29) is 0 Å². The standard InChI is InChI=1S/C17H29N3/c1-4-11-18-16(6-3)17-10-9-15(13-19-17)20-12-7-8-14(20)5-2/h9-10,13-14,16,18H,4-8,11-12H2,1-3H3. The van der Waals surface area contributed by atoms with Crippen molar-refractivity contribution in [2.45, 2.75) is 65.0 Å². The minimum absolute atomic E-state index is 0.393. The lowest BCUT2D eigenvalue weighted by atomic mass is 10.1. The molecule has 0 spiro atoms. The summed E-state index contributed by atoms with van der Waals surface area (Å²) in [5, 5.41) is 3.57. The summed E-state index contributed by atoms with van der Waals surface area (Å²) in [7, 11) is 0. The van der Waals surface area contributed by atoms with Crippen molar-refractivity contribution in [2.24, 2.45) is 0 Å². The van der Waals surface area contributed by atoms with Crippen molar-refractivity contribution < 1.29 is 0 Å². The summed E-state index contributed by atoms with van der Waals surface area (Å²) in [5.74, 6) is 0. The Hall–Kier alpha value is -1.09. The van der Waals surface area contributed by atoms with Gasteiger partial charge in [-0.1, -0.05) is 20.8 Å². The highest BCUT2D eigenvalue weighted by Crippen LogP contribution is 2.27. The van der Waals surface area contributed by atoms with Gasteiger partial charge < -0.3 is 10.2 Å². The average molecular weight is 275 g/mol. The number of anilines is 1. The molecule has 3 nitrogen and oxygen atoms in total. The van der Waals surface area contributed by atoms with E-state index in [0.29, 0.717) is 12.1 Å². The predicted molar refractivity (Wildman–Crippen MR) is 86.2 cm³/mol. The van der Waals surface area contributed by atoms with Gasteiger partial charge in [-0.3, -0.25) is 4.98 Å². The minimum Gasteiger partial charge on any atom is -0.367 e. The second-order valence-corrected chi connectivity index (χ2v) is 5.75. The van der Waals surface area contributed by atoms with Crippen LogP contribution in [0.3, 0.4) is 0 Å². The Balaban J connectivity index is 2.05. The first kappa shape index (κ1) is 15.3. The summed E-state index contributed by atoms with van der Waals surface area (Å²) in [6.45, 7) is 8.95. The third kappa shape index (κ3) is 3.51. The molecule has 3 heteroatoms. The molecule has 20 heavy (non-hydrogen) atoms. The third-order valence-electron chi connectivity index (χ3n) is 4.36. The van der Waals surface area contributed by atoms with Gasteiger partial charge in [-0.2, -0.15) is 0 Å². The van der Waals surface area contributed by atoms with Crippen LogP contribution in [0.4, 0.5) is 5.69 Å². The van der Waals surface area contributed by atoms with Crippen LogP contribution in [-0.4, -0.2) is 24.1 Å². The molecule has 1 fully saturated rings. The fourth-order valence-electron chi connectivity index (χ4n) is 3.15. The Morgan fingerprint density at radius 1 is 1.35 bits per heavy atom. The normalized spacial score (nSPS) is 20.4. The van der Waals surface area contributed by atoms with E-state index in [2.05, 4.69) is 49.3 Å². The lowest BCUT2D eigenvalue weighted by molar-refractivity contribution is 0.507. The van der Waals surface area contributed by atoms with Crippen LogP contribution in [0.2, 0.25) is 0 Å². The van der Waals surface area contributed by atoms with Crippen LogP contribution >= 0.6 is 0 Å². The highest BCUT2D eigenvalue weighted by molar-refractivity contribution is 5.47. The Bertz CT molecular complexity index is 388. The molecule has 2 unspecified atom stereocenters. The molecular formula is C17H29N3. The molecule has 0 bridgehead atoms. The maximum Gasteiger partial charge on any atom is 0.0574 e. The monoisotopic (exact) mass is 275 g/mol. The first-order valence-electron chi connectivity index (χ1n) is 8.26. The molecule has 0 amide bonds. The van der Waals surface area contributed by atoms with E-state index < -0.39 is 0 Å². The number of rotatable bonds is 7. The smallest absolute Gasteiger partial charge is 0.0574 e. The van der Waals surface area contributed by atoms with Gasteiger partial charge in [-0.15, -0.1) is 0 Å². The molecule has 112 valence electrons. The summed E-state index contributed by atoms with van der Waals surface area (Å²) >= 11 is 0. The van der Waals surface area contributed by atoms with Gasteiger partial charge in [-0.05, 0) is 50.8 Å². The lowest BCUT2D eigenvalue weighted by Crippen LogP contribution is -2.28. The second kappa shape index (κ2) is 7.63. The van der Waals surface area contributed by atoms with Crippen molar-refractivity contribution in [3.8, 4) is 0 Å². The Kier molecular flexibility index (Phi) is 5.84. The SMILES string of the molecule is CCCNC(CC)c1ccc(N2CCCC2CC)cn1. The molecule has 1 aromatic rings. The van der Waals surface area contributed by atoms with Crippen molar-refractivity contribution >= 4 is 5.69 Å². The van der Waals surface area contributed by atoms with Gasteiger partial charge >= 0.3 is 0 Å². The first-order chi connectivity index (χ1) is 9.80. The van der Waals surface area contributed by atoms with Crippen molar-refractivity contribution in [2.75, 3.05) is 18.0 Å². The molecule has 1 aliphatic rings. The molecule has 2 rings (SSSR count).